The SMILES string of the molecule is CC1(C)CC2(C(=O)N(C(c3ccccc3)c3ccccc3)c3ccccc32)c2cc3c(cc2O1)OC1(CCC1)CC3. The molecule has 3 aliphatic heterocycles. The van der Waals surface area contributed by atoms with Gasteiger partial charge < -0.3 is 9.47 Å². The molecule has 0 aromatic heterocycles. The van der Waals surface area contributed by atoms with E-state index in [1.54, 1.807) is 0 Å². The number of ether oxygens (including phenoxy) is 2. The zero-order chi connectivity index (χ0) is 27.8. The normalized spacial score (nSPS) is 22.9. The number of anilines is 1. The van der Waals surface area contributed by atoms with Gasteiger partial charge in [0, 0.05) is 23.7 Å². The van der Waals surface area contributed by atoms with Gasteiger partial charge in [-0.3, -0.25) is 9.69 Å². The van der Waals surface area contributed by atoms with Crippen molar-refractivity contribution in [2.45, 2.75) is 75.0 Å². The lowest BCUT2D eigenvalue weighted by molar-refractivity contribution is -0.124. The van der Waals surface area contributed by atoms with Gasteiger partial charge in [-0.05, 0) is 80.3 Å². The van der Waals surface area contributed by atoms with E-state index < -0.39 is 11.0 Å². The van der Waals surface area contributed by atoms with Crippen LogP contribution in [0, 0.1) is 0 Å². The highest BCUT2D eigenvalue weighted by atomic mass is 16.5. The summed E-state index contributed by atoms with van der Waals surface area (Å²) < 4.78 is 13.3. The van der Waals surface area contributed by atoms with Gasteiger partial charge in [0.05, 0.1) is 6.04 Å². The fourth-order valence-corrected chi connectivity index (χ4v) is 7.88. The van der Waals surface area contributed by atoms with E-state index in [0.29, 0.717) is 6.42 Å². The molecule has 206 valence electrons. The maximum absolute atomic E-state index is 15.3. The monoisotopic (exact) mass is 541 g/mol. The van der Waals surface area contributed by atoms with Crippen LogP contribution in [0.3, 0.4) is 0 Å². The molecule has 2 spiro atoms. The first-order chi connectivity index (χ1) is 19.9. The second-order valence-electron chi connectivity index (χ2n) is 13.0. The Balaban J connectivity index is 1.34. The Kier molecular flexibility index (Phi) is 5.26. The first kappa shape index (κ1) is 24.7. The third-order valence-electron chi connectivity index (χ3n) is 9.84. The molecule has 1 unspecified atom stereocenters. The van der Waals surface area contributed by atoms with Crippen LogP contribution in [0.15, 0.2) is 97.1 Å². The largest absolute Gasteiger partial charge is 0.487 e. The summed E-state index contributed by atoms with van der Waals surface area (Å²) in [5.41, 5.74) is 4.99. The predicted molar refractivity (Wildman–Crippen MR) is 161 cm³/mol. The van der Waals surface area contributed by atoms with E-state index in [-0.39, 0.29) is 17.6 Å². The van der Waals surface area contributed by atoms with Gasteiger partial charge >= 0.3 is 0 Å². The van der Waals surface area contributed by atoms with Crippen molar-refractivity contribution < 1.29 is 14.3 Å². The summed E-state index contributed by atoms with van der Waals surface area (Å²) in [6, 6.07) is 33.3. The van der Waals surface area contributed by atoms with E-state index in [2.05, 4.69) is 104 Å². The van der Waals surface area contributed by atoms with E-state index in [9.17, 15) is 0 Å². The van der Waals surface area contributed by atoms with Crippen molar-refractivity contribution in [3.8, 4) is 11.5 Å². The number of aryl methyl sites for hydroxylation is 1. The van der Waals surface area contributed by atoms with Crippen molar-refractivity contribution in [2.75, 3.05) is 4.90 Å². The summed E-state index contributed by atoms with van der Waals surface area (Å²) in [5.74, 6) is 1.82. The Morgan fingerprint density at radius 2 is 1.39 bits per heavy atom. The quantitative estimate of drug-likeness (QED) is 0.264. The number of carbonyl (C=O) groups is 1. The number of para-hydroxylation sites is 1. The summed E-state index contributed by atoms with van der Waals surface area (Å²) >= 11 is 0. The molecule has 0 saturated heterocycles. The van der Waals surface area contributed by atoms with Crippen molar-refractivity contribution in [2.24, 2.45) is 0 Å². The minimum atomic E-state index is -0.851. The zero-order valence-electron chi connectivity index (χ0n) is 23.7. The van der Waals surface area contributed by atoms with Crippen LogP contribution in [-0.2, 0) is 16.6 Å². The Morgan fingerprint density at radius 3 is 2.05 bits per heavy atom. The van der Waals surface area contributed by atoms with Gasteiger partial charge in [-0.1, -0.05) is 78.9 Å². The van der Waals surface area contributed by atoms with E-state index in [4.69, 9.17) is 9.47 Å². The summed E-state index contributed by atoms with van der Waals surface area (Å²) in [7, 11) is 0. The number of benzene rings is 4. The minimum Gasteiger partial charge on any atom is -0.487 e. The third kappa shape index (κ3) is 3.62. The molecule has 8 rings (SSSR count). The molecule has 41 heavy (non-hydrogen) atoms. The first-order valence-corrected chi connectivity index (χ1v) is 15.0. The average Bonchev–Trinajstić information content (AvgIpc) is 3.19. The lowest BCUT2D eigenvalue weighted by Crippen LogP contribution is -2.51. The van der Waals surface area contributed by atoms with Crippen molar-refractivity contribution >= 4 is 11.6 Å². The number of fused-ring (bicyclic) bond motifs is 5. The van der Waals surface area contributed by atoms with Gasteiger partial charge in [0.1, 0.15) is 28.1 Å². The average molecular weight is 542 g/mol. The fourth-order valence-electron chi connectivity index (χ4n) is 7.88. The Hall–Kier alpha value is -4.05. The minimum absolute atomic E-state index is 0.00568. The number of nitrogens with zero attached hydrogens (tertiary/aromatic N) is 1. The van der Waals surface area contributed by atoms with Crippen LogP contribution in [0.25, 0.3) is 0 Å². The van der Waals surface area contributed by atoms with Crippen LogP contribution < -0.4 is 14.4 Å². The molecule has 1 amide bonds. The van der Waals surface area contributed by atoms with Crippen LogP contribution in [0.5, 0.6) is 11.5 Å². The lowest BCUT2D eigenvalue weighted by atomic mass is 9.66. The molecule has 1 aliphatic carbocycles. The molecular formula is C37H35NO3. The Bertz CT molecular complexity index is 1620. The molecule has 4 heteroatoms. The highest BCUT2D eigenvalue weighted by Gasteiger charge is 2.60. The molecule has 4 nitrogen and oxygen atoms in total. The summed E-state index contributed by atoms with van der Waals surface area (Å²) in [6.07, 6.45) is 6.07. The molecule has 0 bridgehead atoms. The number of hydrogen-bond acceptors (Lipinski definition) is 3. The van der Waals surface area contributed by atoms with Crippen LogP contribution in [0.4, 0.5) is 5.69 Å². The number of carbonyl (C=O) groups excluding carboxylic acids is 1. The van der Waals surface area contributed by atoms with Crippen molar-refractivity contribution in [1.29, 1.82) is 0 Å². The summed E-state index contributed by atoms with van der Waals surface area (Å²) in [4.78, 5) is 17.4. The van der Waals surface area contributed by atoms with Crippen molar-refractivity contribution in [3.63, 3.8) is 0 Å². The topological polar surface area (TPSA) is 38.8 Å². The van der Waals surface area contributed by atoms with Crippen LogP contribution in [0.1, 0.15) is 79.8 Å². The van der Waals surface area contributed by atoms with Crippen LogP contribution in [0.2, 0.25) is 0 Å². The number of amides is 1. The number of hydrogen-bond donors (Lipinski definition) is 0. The maximum atomic E-state index is 15.3. The molecule has 4 aromatic carbocycles. The molecule has 3 heterocycles. The maximum Gasteiger partial charge on any atom is 0.243 e. The standard InChI is InChI=1S/C37H35NO3/c1-35(2)24-37(29-22-27-18-21-36(19-11-20-36)41-31(27)23-32(29)40-35)28-16-9-10-17-30(28)38(34(37)39)33(25-12-5-3-6-13-25)26-14-7-4-8-15-26/h3-10,12-17,22-23,33H,11,18-21,24H2,1-2H3. The van der Waals surface area contributed by atoms with Gasteiger partial charge in [-0.2, -0.15) is 0 Å². The lowest BCUT2D eigenvalue weighted by Gasteiger charge is -2.47. The molecular weight excluding hydrogens is 506 g/mol. The van der Waals surface area contributed by atoms with Gasteiger partial charge in [0.15, 0.2) is 0 Å². The van der Waals surface area contributed by atoms with E-state index >= 15 is 4.79 Å². The highest BCUT2D eigenvalue weighted by molar-refractivity contribution is 6.12. The highest BCUT2D eigenvalue weighted by Crippen LogP contribution is 2.59. The number of rotatable bonds is 3. The molecule has 1 atom stereocenters. The molecule has 4 aliphatic rings. The fraction of sp³-hybridized carbons (Fsp3) is 0.324. The molecule has 0 radical (unpaired) electrons. The second-order valence-corrected chi connectivity index (χ2v) is 13.0. The summed E-state index contributed by atoms with van der Waals surface area (Å²) in [5, 5.41) is 0. The van der Waals surface area contributed by atoms with Gasteiger partial charge in [0.25, 0.3) is 0 Å². The third-order valence-corrected chi connectivity index (χ3v) is 9.84. The van der Waals surface area contributed by atoms with E-state index in [1.807, 2.05) is 12.1 Å². The van der Waals surface area contributed by atoms with Crippen molar-refractivity contribution in [1.82, 2.24) is 0 Å². The Labute approximate surface area is 241 Å². The first-order valence-electron chi connectivity index (χ1n) is 15.0. The predicted octanol–water partition coefficient (Wildman–Crippen LogP) is 7.92. The Morgan fingerprint density at radius 1 is 0.732 bits per heavy atom. The molecule has 1 saturated carbocycles. The van der Waals surface area contributed by atoms with E-state index in [0.717, 1.165) is 65.1 Å². The summed E-state index contributed by atoms with van der Waals surface area (Å²) in [6.45, 7) is 4.21. The molecule has 4 aromatic rings. The van der Waals surface area contributed by atoms with Gasteiger partial charge in [-0.25, -0.2) is 0 Å². The smallest absolute Gasteiger partial charge is 0.243 e. The second kappa shape index (κ2) is 8.72. The zero-order valence-corrected chi connectivity index (χ0v) is 23.7. The molecule has 0 N–H and O–H groups in total. The van der Waals surface area contributed by atoms with Gasteiger partial charge in [-0.15, -0.1) is 0 Å². The molecule has 1 fully saturated rings. The van der Waals surface area contributed by atoms with Crippen LogP contribution in [-0.4, -0.2) is 17.1 Å². The van der Waals surface area contributed by atoms with Crippen molar-refractivity contribution in [3.05, 3.63) is 125 Å². The van der Waals surface area contributed by atoms with Gasteiger partial charge in [0.2, 0.25) is 5.91 Å². The van der Waals surface area contributed by atoms with E-state index in [1.165, 1.54) is 12.0 Å². The van der Waals surface area contributed by atoms with Crippen LogP contribution >= 0.6 is 0 Å².